The Hall–Kier alpha value is -12.5. The summed E-state index contributed by atoms with van der Waals surface area (Å²) < 4.78 is 12.0. The molecule has 6 aromatic heterocycles. The molecule has 538 valence electrons. The number of nitrogens with one attached hydrogen (secondary N) is 3. The van der Waals surface area contributed by atoms with Gasteiger partial charge in [-0.3, -0.25) is 14.4 Å². The lowest BCUT2D eigenvalue weighted by molar-refractivity contribution is -0.128. The van der Waals surface area contributed by atoms with E-state index >= 15 is 0 Å². The zero-order valence-electron chi connectivity index (χ0n) is 60.0. The number of amides is 3. The van der Waals surface area contributed by atoms with Gasteiger partial charge in [-0.1, -0.05) is 196 Å². The molecule has 1 atom stereocenters. The van der Waals surface area contributed by atoms with Crippen LogP contribution in [0.1, 0.15) is 156 Å². The Kier molecular flexibility index (Phi) is 19.5. The van der Waals surface area contributed by atoms with E-state index in [0.29, 0.717) is 67.2 Å². The highest BCUT2D eigenvalue weighted by Gasteiger charge is 2.30. The molecule has 0 radical (unpaired) electrons. The van der Waals surface area contributed by atoms with Crippen molar-refractivity contribution in [2.75, 3.05) is 17.2 Å². The van der Waals surface area contributed by atoms with Gasteiger partial charge in [0.1, 0.15) is 59.3 Å². The highest BCUT2D eigenvalue weighted by atomic mass is 16.5. The number of fused-ring (bicyclic) bond motifs is 6. The molecule has 1 unspecified atom stereocenters. The molecule has 7 heterocycles. The number of benzene rings is 8. The van der Waals surface area contributed by atoms with Gasteiger partial charge in [0.15, 0.2) is 23.0 Å². The second kappa shape index (κ2) is 30.3. The minimum Gasteiger partial charge on any atom is -0.480 e. The molecule has 8 aromatic carbocycles. The number of nitrogens with zero attached hydrogens (tertiary/aromatic N) is 12. The number of hydrogen-bond acceptors (Lipinski definition) is 16. The molecular formula is C85H84N18O4. The lowest BCUT2D eigenvalue weighted by Crippen LogP contribution is -2.40. The van der Waals surface area contributed by atoms with Crippen LogP contribution in [0.5, 0.6) is 5.75 Å². The summed E-state index contributed by atoms with van der Waals surface area (Å²) in [5.41, 5.74) is 34.0. The summed E-state index contributed by atoms with van der Waals surface area (Å²) in [6.45, 7) is 5.25. The molecule has 14 aromatic rings. The van der Waals surface area contributed by atoms with Gasteiger partial charge in [0.25, 0.3) is 17.7 Å². The Morgan fingerprint density at radius 1 is 0.430 bits per heavy atom. The number of para-hydroxylation sites is 1. The molecule has 3 aliphatic carbocycles. The normalized spacial score (nSPS) is 15.3. The van der Waals surface area contributed by atoms with E-state index < -0.39 is 6.10 Å². The molecule has 3 saturated carbocycles. The first-order valence-corrected chi connectivity index (χ1v) is 37.2. The molecule has 22 heteroatoms. The molecule has 0 saturated heterocycles. The van der Waals surface area contributed by atoms with Gasteiger partial charge in [0.2, 0.25) is 0 Å². The van der Waals surface area contributed by atoms with Gasteiger partial charge in [-0.2, -0.15) is 15.3 Å². The van der Waals surface area contributed by atoms with Crippen LogP contribution in [-0.2, 0) is 30.8 Å². The van der Waals surface area contributed by atoms with Crippen molar-refractivity contribution in [2.45, 2.75) is 148 Å². The number of hydrogen-bond donors (Lipinski definition) is 6. The number of anilines is 3. The second-order valence-corrected chi connectivity index (χ2v) is 28.5. The molecule has 3 amide bonds. The van der Waals surface area contributed by atoms with Gasteiger partial charge in [0, 0.05) is 41.9 Å². The topological polar surface area (TPSA) is 305 Å². The maximum Gasteiger partial charge on any atom is 0.261 e. The molecule has 0 bridgehead atoms. The van der Waals surface area contributed by atoms with E-state index in [0.717, 1.165) is 178 Å². The summed E-state index contributed by atoms with van der Waals surface area (Å²) in [5, 5.41) is 30.6. The van der Waals surface area contributed by atoms with Gasteiger partial charge in [0.05, 0.1) is 39.8 Å². The van der Waals surface area contributed by atoms with Crippen molar-refractivity contribution in [3.8, 4) is 39.5 Å². The van der Waals surface area contributed by atoms with Crippen molar-refractivity contribution in [1.82, 2.24) is 75.2 Å². The highest BCUT2D eigenvalue weighted by molar-refractivity contribution is 6.08. The average Bonchev–Trinajstić information content (AvgIpc) is 1.63. The fourth-order valence-electron chi connectivity index (χ4n) is 15.8. The molecule has 3 fully saturated rings. The van der Waals surface area contributed by atoms with E-state index in [4.69, 9.17) is 37.2 Å². The minimum atomic E-state index is -0.460. The predicted octanol–water partition coefficient (Wildman–Crippen LogP) is 15.4. The first-order valence-electron chi connectivity index (χ1n) is 37.2. The Labute approximate surface area is 618 Å². The number of rotatable bonds is 15. The average molecular weight is 1420 g/mol. The van der Waals surface area contributed by atoms with Crippen molar-refractivity contribution >= 4 is 89.8 Å². The molecule has 18 rings (SSSR count). The summed E-state index contributed by atoms with van der Waals surface area (Å²) in [7, 11) is 0. The molecule has 4 aliphatic rings. The van der Waals surface area contributed by atoms with Crippen LogP contribution >= 0.6 is 0 Å². The minimum absolute atomic E-state index is 0.0698. The Morgan fingerprint density at radius 3 is 1.32 bits per heavy atom. The number of carbonyl (C=O) groups is 3. The lowest BCUT2D eigenvalue weighted by atomic mass is 9.99. The Balaban J connectivity index is 0.000000123. The molecule has 107 heavy (non-hydrogen) atoms. The predicted molar refractivity (Wildman–Crippen MR) is 419 cm³/mol. The van der Waals surface area contributed by atoms with E-state index in [1.165, 1.54) is 57.5 Å². The number of aromatic nitrogens is 12. The van der Waals surface area contributed by atoms with E-state index in [1.807, 2.05) is 180 Å². The standard InChI is InChI=1S/2C29H28N6O.C27H28N6O2/c1-18-10-13-20-6-2-5-9-23(20)24(18)29(36)31-16-19-11-14-21(15-12-19)26-25-27(30)32-17-33-28(25)35(34-26)22-7-3-4-8-22;1-18-14-21-6-2-3-7-22(21)15-24(18)29(36)31-16-19-10-12-20(13-11-19)26-25-27(30)32-17-33-28(25)35(34-26)23-8-4-5-9-23;28-25-23-24(32-33(20-6-2-3-7-20)26(23)31-16-30-25)19-11-9-17(10-12-19)15-29-27(34)22-14-13-18-5-1-4-8-21(18)35-22/h2,5-6,9-15,17,22H,3-4,7-8,16H2,1H3,(H,31,36)(H2,30,32,33);2-3,6-7,10-15,17,23H,4-5,8-9,16H2,1H3,(H,31,36)(H2,30,32,33);1,4-5,8-12,16,20,22H,2-3,6-7,13-15H2,(H,29,34)(H2,28,30,31). The molecule has 1 aliphatic heterocycles. The van der Waals surface area contributed by atoms with Crippen molar-refractivity contribution in [2.24, 2.45) is 0 Å². The largest absolute Gasteiger partial charge is 0.480 e. The number of aryl methyl sites for hydroxylation is 3. The lowest BCUT2D eigenvalue weighted by Gasteiger charge is -2.25. The summed E-state index contributed by atoms with van der Waals surface area (Å²) in [4.78, 5) is 64.9. The fourth-order valence-corrected chi connectivity index (χ4v) is 15.8. The van der Waals surface area contributed by atoms with Crippen molar-refractivity contribution in [3.63, 3.8) is 0 Å². The maximum absolute atomic E-state index is 13.1. The van der Waals surface area contributed by atoms with Crippen LogP contribution in [0.3, 0.4) is 0 Å². The first kappa shape index (κ1) is 68.9. The van der Waals surface area contributed by atoms with Gasteiger partial charge >= 0.3 is 0 Å². The first-order chi connectivity index (χ1) is 52.3. The number of carbonyl (C=O) groups excluding carboxylic acids is 3. The van der Waals surface area contributed by atoms with Gasteiger partial charge in [-0.05, 0) is 132 Å². The monoisotopic (exact) mass is 1420 g/mol. The Morgan fingerprint density at radius 2 is 0.841 bits per heavy atom. The third-order valence-electron chi connectivity index (χ3n) is 21.5. The number of nitrogens with two attached hydrogens (primary N) is 3. The highest BCUT2D eigenvalue weighted by Crippen LogP contribution is 2.41. The quantitative estimate of drug-likeness (QED) is 0.0556. The third kappa shape index (κ3) is 14.2. The van der Waals surface area contributed by atoms with Crippen molar-refractivity contribution in [1.29, 1.82) is 0 Å². The van der Waals surface area contributed by atoms with E-state index in [9.17, 15) is 14.4 Å². The fraction of sp³-hybridized carbons (Fsp3) is 0.271. The molecule has 9 N–H and O–H groups in total. The van der Waals surface area contributed by atoms with Gasteiger partial charge < -0.3 is 37.9 Å². The summed E-state index contributed by atoms with van der Waals surface area (Å²) >= 11 is 0. The maximum atomic E-state index is 13.1. The molecule has 0 spiro atoms. The van der Waals surface area contributed by atoms with Crippen LogP contribution in [0, 0.1) is 13.8 Å². The van der Waals surface area contributed by atoms with E-state index in [-0.39, 0.29) is 17.7 Å². The van der Waals surface area contributed by atoms with Crippen LogP contribution in [0.15, 0.2) is 189 Å². The molecular weight excluding hydrogens is 1340 g/mol. The number of ether oxygens (including phenoxy) is 1. The van der Waals surface area contributed by atoms with Crippen LogP contribution in [-0.4, -0.2) is 83.1 Å². The van der Waals surface area contributed by atoms with Crippen molar-refractivity contribution in [3.05, 3.63) is 233 Å². The molecule has 22 nitrogen and oxygen atoms in total. The summed E-state index contributed by atoms with van der Waals surface area (Å²) in [5.74, 6) is 1.90. The summed E-state index contributed by atoms with van der Waals surface area (Å²) in [6, 6.07) is 57.3. The summed E-state index contributed by atoms with van der Waals surface area (Å²) in [6.07, 6.45) is 19.5. The van der Waals surface area contributed by atoms with Crippen LogP contribution < -0.4 is 37.9 Å². The zero-order chi connectivity index (χ0) is 73.1. The smallest absolute Gasteiger partial charge is 0.261 e. The van der Waals surface area contributed by atoms with Crippen LogP contribution in [0.25, 0.3) is 88.4 Å². The van der Waals surface area contributed by atoms with Crippen LogP contribution in [0.4, 0.5) is 17.5 Å². The van der Waals surface area contributed by atoms with Crippen LogP contribution in [0.2, 0.25) is 0 Å². The SMILES string of the molecule is Cc1cc2ccccc2cc1C(=O)NCc1ccc(-c2nn(C3CCCC3)c3ncnc(N)c23)cc1.Cc1ccc2ccccc2c1C(=O)NCc1ccc(-c2nn(C3CCCC3)c3ncnc(N)c23)cc1.Nc1ncnc2c1c(-c1ccc(CNC(=O)C3CCc4ccccc4O3)cc1)nn2C1CCCC1. The van der Waals surface area contributed by atoms with E-state index in [1.54, 1.807) is 0 Å². The zero-order valence-corrected chi connectivity index (χ0v) is 60.0. The van der Waals surface area contributed by atoms with Gasteiger partial charge in [-0.25, -0.2) is 43.9 Å². The second-order valence-electron chi connectivity index (χ2n) is 28.5. The third-order valence-corrected chi connectivity index (χ3v) is 21.5. The van der Waals surface area contributed by atoms with Crippen molar-refractivity contribution < 1.29 is 19.1 Å². The van der Waals surface area contributed by atoms with Gasteiger partial charge in [-0.15, -0.1) is 0 Å². The number of nitrogen functional groups attached to an aromatic ring is 3. The van der Waals surface area contributed by atoms with E-state index in [2.05, 4.69) is 64.1 Å². The Bertz CT molecular complexity index is 5630.